The van der Waals surface area contributed by atoms with Crippen LogP contribution in [-0.2, 0) is 11.3 Å². The summed E-state index contributed by atoms with van der Waals surface area (Å²) in [5.74, 6) is 0.396. The predicted molar refractivity (Wildman–Crippen MR) is 122 cm³/mol. The molecule has 0 spiro atoms. The van der Waals surface area contributed by atoms with E-state index in [0.29, 0.717) is 16.8 Å². The maximum absolute atomic E-state index is 13.0. The van der Waals surface area contributed by atoms with Gasteiger partial charge in [-0.15, -0.1) is 0 Å². The number of carbonyl (C=O) groups excluding carboxylic acids is 1. The van der Waals surface area contributed by atoms with Crippen LogP contribution in [0.1, 0.15) is 29.7 Å². The molecule has 8 heteroatoms. The Morgan fingerprint density at radius 3 is 2.59 bits per heavy atom. The summed E-state index contributed by atoms with van der Waals surface area (Å²) in [6.45, 7) is 5.74. The molecule has 0 aliphatic carbocycles. The van der Waals surface area contributed by atoms with E-state index < -0.39 is 0 Å². The third kappa shape index (κ3) is 4.12. The number of amides is 1. The van der Waals surface area contributed by atoms with E-state index in [0.717, 1.165) is 22.4 Å². The SMILES string of the molecule is COc1ccccc1C(C)NC(=O)Cn1cnc2c(cnn2-c2cc(C)cc(C)c2)c1=O. The number of nitrogens with zero attached hydrogens (tertiary/aromatic N) is 4. The number of aromatic nitrogens is 4. The van der Waals surface area contributed by atoms with Gasteiger partial charge in [-0.3, -0.25) is 14.2 Å². The summed E-state index contributed by atoms with van der Waals surface area (Å²) >= 11 is 0. The third-order valence-corrected chi connectivity index (χ3v) is 5.30. The summed E-state index contributed by atoms with van der Waals surface area (Å²) in [6, 6.07) is 13.3. The van der Waals surface area contributed by atoms with Crippen LogP contribution in [0.4, 0.5) is 0 Å². The van der Waals surface area contributed by atoms with Crippen molar-refractivity contribution in [2.45, 2.75) is 33.4 Å². The van der Waals surface area contributed by atoms with Crippen LogP contribution >= 0.6 is 0 Å². The standard InChI is InChI=1S/C24H25N5O3/c1-15-9-16(2)11-18(10-15)29-23-20(12-26-29)24(31)28(14-25-23)13-22(30)27-17(3)19-7-5-6-8-21(19)32-4/h5-12,14,17H,13H2,1-4H3,(H,27,30). The molecule has 32 heavy (non-hydrogen) atoms. The van der Waals surface area contributed by atoms with Crippen molar-refractivity contribution in [2.75, 3.05) is 7.11 Å². The molecule has 1 N–H and O–H groups in total. The van der Waals surface area contributed by atoms with E-state index >= 15 is 0 Å². The summed E-state index contributed by atoms with van der Waals surface area (Å²) in [7, 11) is 1.59. The number of hydrogen-bond acceptors (Lipinski definition) is 5. The molecule has 1 unspecified atom stereocenters. The van der Waals surface area contributed by atoms with E-state index in [1.165, 1.54) is 17.1 Å². The summed E-state index contributed by atoms with van der Waals surface area (Å²) < 4.78 is 8.30. The summed E-state index contributed by atoms with van der Waals surface area (Å²) in [5.41, 5.74) is 4.03. The van der Waals surface area contributed by atoms with Crippen LogP contribution in [0.15, 0.2) is 59.8 Å². The van der Waals surface area contributed by atoms with Crippen LogP contribution in [0.2, 0.25) is 0 Å². The van der Waals surface area contributed by atoms with Gasteiger partial charge < -0.3 is 10.1 Å². The van der Waals surface area contributed by atoms with E-state index in [1.54, 1.807) is 11.8 Å². The van der Waals surface area contributed by atoms with Gasteiger partial charge in [0.05, 0.1) is 25.0 Å². The second kappa shape index (κ2) is 8.66. The minimum Gasteiger partial charge on any atom is -0.496 e. The molecule has 0 aliphatic rings. The van der Waals surface area contributed by atoms with Crippen LogP contribution in [0, 0.1) is 13.8 Å². The lowest BCUT2D eigenvalue weighted by Crippen LogP contribution is -2.34. The zero-order chi connectivity index (χ0) is 22.8. The highest BCUT2D eigenvalue weighted by Gasteiger charge is 2.16. The lowest BCUT2D eigenvalue weighted by Gasteiger charge is -2.17. The number of hydrogen-bond donors (Lipinski definition) is 1. The highest BCUT2D eigenvalue weighted by molar-refractivity contribution is 5.78. The van der Waals surface area contributed by atoms with Crippen molar-refractivity contribution in [3.63, 3.8) is 0 Å². The molecule has 8 nitrogen and oxygen atoms in total. The third-order valence-electron chi connectivity index (χ3n) is 5.30. The Morgan fingerprint density at radius 2 is 1.88 bits per heavy atom. The van der Waals surface area contributed by atoms with Crippen LogP contribution in [0.25, 0.3) is 16.7 Å². The number of para-hydroxylation sites is 1. The molecule has 2 heterocycles. The van der Waals surface area contributed by atoms with Crippen LogP contribution in [0.3, 0.4) is 0 Å². The number of benzene rings is 2. The maximum atomic E-state index is 13.0. The van der Waals surface area contributed by atoms with E-state index in [4.69, 9.17) is 4.74 Å². The van der Waals surface area contributed by atoms with Crippen molar-refractivity contribution >= 4 is 16.9 Å². The molecule has 0 saturated heterocycles. The van der Waals surface area contributed by atoms with E-state index in [9.17, 15) is 9.59 Å². The molecular formula is C24H25N5O3. The first-order valence-electron chi connectivity index (χ1n) is 10.3. The first-order valence-corrected chi connectivity index (χ1v) is 10.3. The molecule has 1 amide bonds. The fourth-order valence-electron chi connectivity index (χ4n) is 3.87. The topological polar surface area (TPSA) is 91.0 Å². The van der Waals surface area contributed by atoms with Gasteiger partial charge in [0.1, 0.15) is 24.0 Å². The number of carbonyl (C=O) groups is 1. The molecule has 2 aromatic heterocycles. The van der Waals surface area contributed by atoms with E-state index in [2.05, 4.69) is 21.5 Å². The minimum absolute atomic E-state index is 0.143. The van der Waals surface area contributed by atoms with Crippen molar-refractivity contribution in [3.8, 4) is 11.4 Å². The number of fused-ring (bicyclic) bond motifs is 1. The number of methoxy groups -OCH3 is 1. The second-order valence-electron chi connectivity index (χ2n) is 7.85. The zero-order valence-electron chi connectivity index (χ0n) is 18.5. The predicted octanol–water partition coefficient (Wildman–Crippen LogP) is 3.09. The highest BCUT2D eigenvalue weighted by Crippen LogP contribution is 2.24. The van der Waals surface area contributed by atoms with Gasteiger partial charge >= 0.3 is 0 Å². The fraction of sp³-hybridized carbons (Fsp3) is 0.250. The van der Waals surface area contributed by atoms with Crippen molar-refractivity contribution in [1.82, 2.24) is 24.6 Å². The Balaban J connectivity index is 1.57. The first kappa shape index (κ1) is 21.3. The van der Waals surface area contributed by atoms with Crippen LogP contribution in [-0.4, -0.2) is 32.3 Å². The number of nitrogens with one attached hydrogen (secondary N) is 1. The number of rotatable bonds is 6. The average Bonchev–Trinajstić information content (AvgIpc) is 3.20. The van der Waals surface area contributed by atoms with Gasteiger partial charge in [0, 0.05) is 5.56 Å². The Kier molecular flexibility index (Phi) is 5.77. The molecule has 2 aromatic carbocycles. The molecule has 4 aromatic rings. The summed E-state index contributed by atoms with van der Waals surface area (Å²) in [5, 5.41) is 7.63. The van der Waals surface area contributed by atoms with Gasteiger partial charge in [-0.1, -0.05) is 24.3 Å². The van der Waals surface area contributed by atoms with Gasteiger partial charge in [-0.2, -0.15) is 5.10 Å². The number of aryl methyl sites for hydroxylation is 2. The highest BCUT2D eigenvalue weighted by atomic mass is 16.5. The molecule has 0 bridgehead atoms. The van der Waals surface area contributed by atoms with Crippen LogP contribution in [0.5, 0.6) is 5.75 Å². The molecule has 1 atom stereocenters. The van der Waals surface area contributed by atoms with Gasteiger partial charge in [0.25, 0.3) is 5.56 Å². The lowest BCUT2D eigenvalue weighted by atomic mass is 10.1. The normalized spacial score (nSPS) is 12.0. The monoisotopic (exact) mass is 431 g/mol. The Labute approximate surface area is 185 Å². The Morgan fingerprint density at radius 1 is 1.16 bits per heavy atom. The molecule has 0 aliphatic heterocycles. The van der Waals surface area contributed by atoms with Crippen molar-refractivity contribution in [2.24, 2.45) is 0 Å². The molecule has 0 radical (unpaired) electrons. The quantitative estimate of drug-likeness (QED) is 0.507. The van der Waals surface area contributed by atoms with Crippen molar-refractivity contribution < 1.29 is 9.53 Å². The fourth-order valence-corrected chi connectivity index (χ4v) is 3.87. The average molecular weight is 431 g/mol. The van der Waals surface area contributed by atoms with Gasteiger partial charge in [0.15, 0.2) is 5.65 Å². The van der Waals surface area contributed by atoms with Gasteiger partial charge in [0.2, 0.25) is 5.91 Å². The molecule has 4 rings (SSSR count). The Hall–Kier alpha value is -3.94. The summed E-state index contributed by atoms with van der Waals surface area (Å²) in [4.78, 5) is 30.0. The van der Waals surface area contributed by atoms with Crippen LogP contribution < -0.4 is 15.6 Å². The molecule has 164 valence electrons. The van der Waals surface area contributed by atoms with E-state index in [1.807, 2.05) is 57.2 Å². The Bertz CT molecular complexity index is 1340. The van der Waals surface area contributed by atoms with Crippen molar-refractivity contribution in [1.29, 1.82) is 0 Å². The summed E-state index contributed by atoms with van der Waals surface area (Å²) in [6.07, 6.45) is 2.88. The van der Waals surface area contributed by atoms with Gasteiger partial charge in [-0.25, -0.2) is 9.67 Å². The lowest BCUT2D eigenvalue weighted by molar-refractivity contribution is -0.122. The minimum atomic E-state index is -0.314. The molecule has 0 fully saturated rings. The smallest absolute Gasteiger partial charge is 0.264 e. The largest absolute Gasteiger partial charge is 0.496 e. The van der Waals surface area contributed by atoms with Gasteiger partial charge in [-0.05, 0) is 50.1 Å². The zero-order valence-corrected chi connectivity index (χ0v) is 18.5. The van der Waals surface area contributed by atoms with Crippen molar-refractivity contribution in [3.05, 3.63) is 82.0 Å². The first-order chi connectivity index (χ1) is 15.4. The van der Waals surface area contributed by atoms with E-state index in [-0.39, 0.29) is 24.1 Å². The maximum Gasteiger partial charge on any atom is 0.264 e. The molecular weight excluding hydrogens is 406 g/mol. The second-order valence-corrected chi connectivity index (χ2v) is 7.85. The molecule has 0 saturated carbocycles. The number of ether oxygens (including phenoxy) is 1.